The molecule has 8 radical (unpaired) electrons. The number of rotatable bonds is 5. The second kappa shape index (κ2) is 9.32. The van der Waals surface area contributed by atoms with Crippen molar-refractivity contribution in [3.05, 3.63) is 46.6 Å². The molecule has 0 atom stereocenters. The predicted molar refractivity (Wildman–Crippen MR) is 151 cm³/mol. The normalized spacial score (nSPS) is 24.6. The van der Waals surface area contributed by atoms with Crippen molar-refractivity contribution in [1.29, 1.82) is 0 Å². The van der Waals surface area contributed by atoms with Crippen molar-refractivity contribution in [2.45, 2.75) is 66.8 Å². The van der Waals surface area contributed by atoms with Crippen molar-refractivity contribution in [3.63, 3.8) is 0 Å². The Balaban J connectivity index is 1.18. The maximum atomic E-state index is 13.0. The van der Waals surface area contributed by atoms with Crippen LogP contribution in [0.3, 0.4) is 0 Å². The lowest BCUT2D eigenvalue weighted by Gasteiger charge is -2.54. The van der Waals surface area contributed by atoms with Gasteiger partial charge in [0.15, 0.2) is 0 Å². The molecule has 13 heteroatoms. The third-order valence-corrected chi connectivity index (χ3v) is 8.94. The summed E-state index contributed by atoms with van der Waals surface area (Å²) >= 11 is 6.23. The Morgan fingerprint density at radius 2 is 1.82 bits per heavy atom. The van der Waals surface area contributed by atoms with E-state index in [0.717, 1.165) is 16.8 Å². The second-order valence-corrected chi connectivity index (χ2v) is 11.6. The highest BCUT2D eigenvalue weighted by Gasteiger charge is 2.51. The molecule has 1 spiro atoms. The number of aliphatic hydroxyl groups is 1. The molecule has 2 N–H and O–H groups in total. The zero-order valence-electron chi connectivity index (χ0n) is 21.4. The number of benzene rings is 1. The van der Waals surface area contributed by atoms with Crippen LogP contribution in [0.1, 0.15) is 43.2 Å². The van der Waals surface area contributed by atoms with E-state index >= 15 is 0 Å². The fourth-order valence-corrected chi connectivity index (χ4v) is 6.40. The first-order valence-electron chi connectivity index (χ1n) is 13.1. The summed E-state index contributed by atoms with van der Waals surface area (Å²) in [5, 5.41) is 9.41. The van der Waals surface area contributed by atoms with Gasteiger partial charge in [0.05, 0.1) is 33.4 Å². The molecule has 2 fully saturated rings. The summed E-state index contributed by atoms with van der Waals surface area (Å²) in [6.45, 7) is 0.692. The maximum absolute atomic E-state index is 13.0. The van der Waals surface area contributed by atoms with Crippen LogP contribution in [0, 0.1) is 0 Å². The van der Waals surface area contributed by atoms with Crippen LogP contribution in [0.5, 0.6) is 5.75 Å². The number of hydrogen-bond donors (Lipinski definition) is 2. The quantitative estimate of drug-likeness (QED) is 0.552. The number of ether oxygens (including phenoxy) is 1. The van der Waals surface area contributed by atoms with Crippen LogP contribution in [0.15, 0.2) is 30.5 Å². The summed E-state index contributed by atoms with van der Waals surface area (Å²) < 4.78 is 5.94. The van der Waals surface area contributed by atoms with E-state index in [1.165, 1.54) is 6.20 Å². The number of fused-ring (bicyclic) bond motifs is 3. The molecular weight excluding hydrogens is 511 g/mol. The number of anilines is 2. The lowest BCUT2D eigenvalue weighted by Crippen LogP contribution is -2.71. The minimum atomic E-state index is -2.02. The van der Waals surface area contributed by atoms with Crippen molar-refractivity contribution < 1.29 is 19.4 Å². The summed E-state index contributed by atoms with van der Waals surface area (Å²) in [4.78, 5) is 33.5. The lowest BCUT2D eigenvalue weighted by molar-refractivity contribution is -0.123. The molecule has 39 heavy (non-hydrogen) atoms. The number of carbonyl (C=O) groups is 2. The van der Waals surface area contributed by atoms with Gasteiger partial charge in [0, 0.05) is 28.6 Å². The maximum Gasteiger partial charge on any atom is 0.235 e. The highest BCUT2D eigenvalue weighted by atomic mass is 35.5. The molecular formula is C26H25B4ClN4O4. The van der Waals surface area contributed by atoms with Crippen LogP contribution in [-0.2, 0) is 21.4 Å². The Morgan fingerprint density at radius 3 is 2.51 bits per heavy atom. The monoisotopic (exact) mass is 536 g/mol. The van der Waals surface area contributed by atoms with E-state index in [2.05, 4.69) is 10.3 Å². The number of amides is 2. The number of aromatic nitrogens is 1. The van der Waals surface area contributed by atoms with E-state index in [9.17, 15) is 14.7 Å². The minimum absolute atomic E-state index is 0.0146. The Morgan fingerprint density at radius 1 is 1.10 bits per heavy atom. The molecule has 3 aliphatic heterocycles. The Kier molecular flexibility index (Phi) is 6.40. The van der Waals surface area contributed by atoms with E-state index in [0.29, 0.717) is 62.5 Å². The van der Waals surface area contributed by atoms with Gasteiger partial charge in [0.2, 0.25) is 11.8 Å². The van der Waals surface area contributed by atoms with E-state index in [1.807, 2.05) is 12.1 Å². The number of hydrogen-bond acceptors (Lipinski definition) is 6. The second-order valence-electron chi connectivity index (χ2n) is 11.1. The summed E-state index contributed by atoms with van der Waals surface area (Å²) in [6, 6.07) is 7.06. The average Bonchev–Trinajstić information content (AvgIpc) is 3.12. The summed E-state index contributed by atoms with van der Waals surface area (Å²) in [5.41, 5.74) is 1.70. The summed E-state index contributed by atoms with van der Waals surface area (Å²) in [5.74, 6) is 0.734. The topological polar surface area (TPSA) is 95.0 Å². The smallest absolute Gasteiger partial charge is 0.235 e. The first-order chi connectivity index (χ1) is 18.4. The van der Waals surface area contributed by atoms with Gasteiger partial charge in [-0.2, -0.15) is 0 Å². The fraction of sp³-hybridized carbons (Fsp3) is 0.500. The molecule has 6 rings (SSSR count). The zero-order valence-corrected chi connectivity index (χ0v) is 22.2. The molecule has 0 bridgehead atoms. The van der Waals surface area contributed by atoms with E-state index in [1.54, 1.807) is 21.9 Å². The van der Waals surface area contributed by atoms with Gasteiger partial charge in [0.1, 0.15) is 27.3 Å². The van der Waals surface area contributed by atoms with Crippen molar-refractivity contribution >= 4 is 66.3 Å². The van der Waals surface area contributed by atoms with Crippen molar-refractivity contribution in [1.82, 2.24) is 9.88 Å². The van der Waals surface area contributed by atoms with E-state index < -0.39 is 22.3 Å². The first kappa shape index (κ1) is 26.8. The van der Waals surface area contributed by atoms with Gasteiger partial charge in [-0.25, -0.2) is 4.98 Å². The Bertz CT molecular complexity index is 1350. The standard InChI is InChI=1S/C26H25B4ClN4O4/c27-25(28,34-7-5-24(6-8-34)19-10-15(31)2-3-20(19)33-23(24)38)26(29,30)39-18-9-14-1-4-21(37)35(22(14)32-13-18)16-11-17(36)12-16/h2-3,9-10,13,16-17,36H,1,4-8,11-12H2,(H,33,38). The molecule has 4 aliphatic rings. The number of carbonyl (C=O) groups excluding carboxylic acids is 2. The fourth-order valence-electron chi connectivity index (χ4n) is 6.23. The van der Waals surface area contributed by atoms with Crippen LogP contribution >= 0.6 is 11.6 Å². The molecule has 4 heterocycles. The van der Waals surface area contributed by atoms with Crippen LogP contribution in [0.2, 0.25) is 5.02 Å². The largest absolute Gasteiger partial charge is 0.505 e. The number of likely N-dealkylation sites (tertiary alicyclic amines) is 1. The number of piperidine rings is 1. The third kappa shape index (κ3) is 4.30. The zero-order chi connectivity index (χ0) is 27.7. The summed E-state index contributed by atoms with van der Waals surface area (Å²) in [6.07, 6.45) is 3.81. The number of aliphatic hydroxyl groups excluding tert-OH is 1. The lowest BCUT2D eigenvalue weighted by atomic mass is 9.39. The number of pyridine rings is 1. The molecule has 1 saturated carbocycles. The SMILES string of the molecule is [B]C([B])(Oc1cnc2c(c1)CCC(=O)N2C1CC(O)C1)C([B])([B])N1CCC2(CC1)C(=O)Nc1ccc(Cl)cc12. The predicted octanol–water partition coefficient (Wildman–Crippen LogP) is 0.884. The average molecular weight is 536 g/mol. The van der Waals surface area contributed by atoms with Crippen LogP contribution in [0.4, 0.5) is 11.5 Å². The number of aryl methyl sites for hydroxylation is 1. The minimum Gasteiger partial charge on any atom is -0.505 e. The Labute approximate surface area is 237 Å². The molecule has 1 aromatic carbocycles. The van der Waals surface area contributed by atoms with Gasteiger partial charge in [0.25, 0.3) is 0 Å². The molecule has 0 unspecified atom stereocenters. The molecule has 1 saturated heterocycles. The molecule has 2 aromatic rings. The van der Waals surface area contributed by atoms with Gasteiger partial charge in [-0.1, -0.05) is 11.6 Å². The number of halogens is 1. The first-order valence-corrected chi connectivity index (χ1v) is 13.5. The molecule has 1 aromatic heterocycles. The highest BCUT2D eigenvalue weighted by Crippen LogP contribution is 2.47. The van der Waals surface area contributed by atoms with Gasteiger partial charge in [-0.15, -0.1) is 0 Å². The van der Waals surface area contributed by atoms with Crippen LogP contribution in [0.25, 0.3) is 0 Å². The number of nitrogens with zero attached hydrogens (tertiary/aromatic N) is 3. The highest BCUT2D eigenvalue weighted by molar-refractivity contribution is 6.54. The molecule has 8 nitrogen and oxygen atoms in total. The van der Waals surface area contributed by atoms with Gasteiger partial charge < -0.3 is 20.1 Å². The molecule has 1 aliphatic carbocycles. The van der Waals surface area contributed by atoms with Gasteiger partial charge in [-0.3, -0.25) is 14.5 Å². The third-order valence-electron chi connectivity index (χ3n) is 8.71. The Hall–Kier alpha value is -2.42. The number of nitrogens with one attached hydrogen (secondary N) is 1. The molecule has 192 valence electrons. The van der Waals surface area contributed by atoms with Crippen molar-refractivity contribution in [2.24, 2.45) is 0 Å². The van der Waals surface area contributed by atoms with Crippen molar-refractivity contribution in [3.8, 4) is 5.75 Å². The van der Waals surface area contributed by atoms with Crippen LogP contribution in [-0.4, -0.2) is 94.2 Å². The van der Waals surface area contributed by atoms with Crippen molar-refractivity contribution in [2.75, 3.05) is 23.3 Å². The van der Waals surface area contributed by atoms with E-state index in [-0.39, 0.29) is 23.6 Å². The summed E-state index contributed by atoms with van der Waals surface area (Å²) in [7, 11) is 25.8. The molecule has 2 amide bonds. The van der Waals surface area contributed by atoms with Gasteiger partial charge >= 0.3 is 0 Å². The van der Waals surface area contributed by atoms with Crippen LogP contribution < -0.4 is 15.0 Å². The van der Waals surface area contributed by atoms with E-state index in [4.69, 9.17) is 47.7 Å². The van der Waals surface area contributed by atoms with Gasteiger partial charge in [-0.05, 0) is 85.9 Å².